The Morgan fingerprint density at radius 1 is 0.970 bits per heavy atom. The summed E-state index contributed by atoms with van der Waals surface area (Å²) in [6.45, 7) is 6.65. The molecule has 178 valence electrons. The molecule has 33 heavy (non-hydrogen) atoms. The van der Waals surface area contributed by atoms with E-state index >= 15 is 0 Å². The number of nitrogens with zero attached hydrogens (tertiary/aromatic N) is 2. The molecule has 0 atom stereocenters. The lowest BCUT2D eigenvalue weighted by atomic mass is 10.1. The highest BCUT2D eigenvalue weighted by atomic mass is 32.2. The first kappa shape index (κ1) is 24.4. The van der Waals surface area contributed by atoms with Crippen molar-refractivity contribution in [1.29, 1.82) is 0 Å². The molecule has 1 heterocycles. The molecule has 0 aromatic heterocycles. The highest BCUT2D eigenvalue weighted by Crippen LogP contribution is 2.35. The van der Waals surface area contributed by atoms with E-state index in [4.69, 9.17) is 9.47 Å². The minimum absolute atomic E-state index is 0.189. The Kier molecular flexibility index (Phi) is 7.80. The first-order valence-electron chi connectivity index (χ1n) is 10.9. The Morgan fingerprint density at radius 2 is 1.64 bits per heavy atom. The Balaban J connectivity index is 1.86. The average Bonchev–Trinajstić information content (AvgIpc) is 2.83. The van der Waals surface area contributed by atoms with Crippen molar-refractivity contribution in [2.45, 2.75) is 20.8 Å². The second kappa shape index (κ2) is 10.6. The first-order chi connectivity index (χ1) is 15.8. The van der Waals surface area contributed by atoms with Crippen molar-refractivity contribution < 1.29 is 27.5 Å². The van der Waals surface area contributed by atoms with Crippen LogP contribution >= 0.6 is 0 Å². The van der Waals surface area contributed by atoms with E-state index in [-0.39, 0.29) is 11.7 Å². The van der Waals surface area contributed by atoms with E-state index in [9.17, 15) is 18.0 Å². The van der Waals surface area contributed by atoms with Crippen LogP contribution in [0.1, 0.15) is 31.1 Å². The topological polar surface area (TPSA) is 105 Å². The van der Waals surface area contributed by atoms with Gasteiger partial charge in [0.05, 0.1) is 22.7 Å². The van der Waals surface area contributed by atoms with E-state index in [1.807, 2.05) is 13.8 Å². The number of ether oxygens (including phenoxy) is 2. The number of hydrogen-bond donors (Lipinski definition) is 1. The van der Waals surface area contributed by atoms with E-state index in [2.05, 4.69) is 5.32 Å². The standard InChI is InChI=1S/C23H29N3O6S/c1-4-25(5-2)23(28)18-9-7-8-10-19(18)24-22(27)16-26(33(29,30)6-3)17-11-12-20-21(15-17)32-14-13-31-20/h7-12,15H,4-6,13-14,16H2,1-3H3,(H,24,27). The predicted octanol–water partition coefficient (Wildman–Crippen LogP) is 2.73. The maximum Gasteiger partial charge on any atom is 0.255 e. The molecule has 2 aromatic carbocycles. The van der Waals surface area contributed by atoms with Gasteiger partial charge in [0.1, 0.15) is 19.8 Å². The van der Waals surface area contributed by atoms with Crippen molar-refractivity contribution >= 4 is 33.2 Å². The van der Waals surface area contributed by atoms with E-state index in [0.717, 1.165) is 4.31 Å². The molecule has 10 heteroatoms. The summed E-state index contributed by atoms with van der Waals surface area (Å²) in [4.78, 5) is 27.4. The summed E-state index contributed by atoms with van der Waals surface area (Å²) in [5.41, 5.74) is 0.970. The summed E-state index contributed by atoms with van der Waals surface area (Å²) in [6, 6.07) is 11.4. The number of rotatable bonds is 9. The van der Waals surface area contributed by atoms with Crippen LogP contribution in [-0.2, 0) is 14.8 Å². The fourth-order valence-electron chi connectivity index (χ4n) is 3.47. The van der Waals surface area contributed by atoms with Crippen LogP contribution in [-0.4, -0.2) is 63.7 Å². The third kappa shape index (κ3) is 5.57. The number of hydrogen-bond acceptors (Lipinski definition) is 6. The van der Waals surface area contributed by atoms with Crippen molar-refractivity contribution in [2.75, 3.05) is 48.2 Å². The van der Waals surface area contributed by atoms with Crippen LogP contribution in [0.3, 0.4) is 0 Å². The van der Waals surface area contributed by atoms with Gasteiger partial charge in [0.15, 0.2) is 11.5 Å². The quantitative estimate of drug-likeness (QED) is 0.598. The lowest BCUT2D eigenvalue weighted by Gasteiger charge is -2.26. The normalized spacial score (nSPS) is 12.7. The van der Waals surface area contributed by atoms with Gasteiger partial charge in [-0.15, -0.1) is 0 Å². The molecule has 0 saturated heterocycles. The summed E-state index contributed by atoms with van der Waals surface area (Å²) < 4.78 is 37.7. The molecule has 0 saturated carbocycles. The molecular formula is C23H29N3O6S. The van der Waals surface area contributed by atoms with Gasteiger partial charge in [0.25, 0.3) is 5.91 Å². The molecule has 0 fully saturated rings. The maximum absolute atomic E-state index is 12.9. The second-order valence-corrected chi connectivity index (χ2v) is 9.49. The molecule has 1 aliphatic rings. The second-order valence-electron chi connectivity index (χ2n) is 7.31. The van der Waals surface area contributed by atoms with E-state index in [1.165, 1.54) is 6.92 Å². The molecule has 1 aliphatic heterocycles. The Labute approximate surface area is 194 Å². The van der Waals surface area contributed by atoms with Crippen LogP contribution < -0.4 is 19.1 Å². The van der Waals surface area contributed by atoms with Crippen LogP contribution in [0, 0.1) is 0 Å². The third-order valence-electron chi connectivity index (χ3n) is 5.28. The number of benzene rings is 2. The van der Waals surface area contributed by atoms with Crippen molar-refractivity contribution in [1.82, 2.24) is 4.90 Å². The molecule has 3 rings (SSSR count). The number of carbonyl (C=O) groups excluding carboxylic acids is 2. The Bertz CT molecular complexity index is 1110. The van der Waals surface area contributed by atoms with Crippen molar-refractivity contribution in [3.8, 4) is 11.5 Å². The molecule has 0 spiro atoms. The Hall–Kier alpha value is -3.27. The van der Waals surface area contributed by atoms with Gasteiger partial charge in [-0.2, -0.15) is 0 Å². The van der Waals surface area contributed by atoms with Gasteiger partial charge in [0, 0.05) is 19.2 Å². The molecule has 2 aromatic rings. The summed E-state index contributed by atoms with van der Waals surface area (Å²) in [7, 11) is -3.77. The summed E-state index contributed by atoms with van der Waals surface area (Å²) in [5.74, 6) is -0.0218. The number of fused-ring (bicyclic) bond motifs is 1. The van der Waals surface area contributed by atoms with E-state index in [0.29, 0.717) is 54.7 Å². The maximum atomic E-state index is 12.9. The smallest absolute Gasteiger partial charge is 0.255 e. The monoisotopic (exact) mass is 475 g/mol. The number of sulfonamides is 1. The highest BCUT2D eigenvalue weighted by molar-refractivity contribution is 7.92. The molecule has 0 bridgehead atoms. The van der Waals surface area contributed by atoms with Gasteiger partial charge in [0.2, 0.25) is 15.9 Å². The van der Waals surface area contributed by atoms with Crippen LogP contribution in [0.2, 0.25) is 0 Å². The molecule has 0 unspecified atom stereocenters. The van der Waals surface area contributed by atoms with Crippen LogP contribution in [0.25, 0.3) is 0 Å². The fraction of sp³-hybridized carbons (Fsp3) is 0.391. The zero-order valence-electron chi connectivity index (χ0n) is 19.0. The van der Waals surface area contributed by atoms with Gasteiger partial charge >= 0.3 is 0 Å². The lowest BCUT2D eigenvalue weighted by molar-refractivity contribution is -0.114. The SMILES string of the molecule is CCN(CC)C(=O)c1ccccc1NC(=O)CN(c1ccc2c(c1)OCCO2)S(=O)(=O)CC. The number of nitrogens with one attached hydrogen (secondary N) is 1. The minimum atomic E-state index is -3.77. The van der Waals surface area contributed by atoms with Gasteiger partial charge in [-0.3, -0.25) is 13.9 Å². The van der Waals surface area contributed by atoms with Gasteiger partial charge < -0.3 is 19.7 Å². The fourth-order valence-corrected chi connectivity index (χ4v) is 4.53. The molecule has 0 aliphatic carbocycles. The van der Waals surface area contributed by atoms with Crippen LogP contribution in [0.4, 0.5) is 11.4 Å². The van der Waals surface area contributed by atoms with Crippen molar-refractivity contribution in [2.24, 2.45) is 0 Å². The zero-order valence-corrected chi connectivity index (χ0v) is 19.9. The number of para-hydroxylation sites is 1. The first-order valence-corrected chi connectivity index (χ1v) is 12.5. The summed E-state index contributed by atoms with van der Waals surface area (Å²) >= 11 is 0. The highest BCUT2D eigenvalue weighted by Gasteiger charge is 2.26. The van der Waals surface area contributed by atoms with Crippen LogP contribution in [0.5, 0.6) is 11.5 Å². The Morgan fingerprint density at radius 3 is 2.30 bits per heavy atom. The largest absolute Gasteiger partial charge is 0.486 e. The van der Waals surface area contributed by atoms with E-state index < -0.39 is 22.5 Å². The van der Waals surface area contributed by atoms with Crippen molar-refractivity contribution in [3.05, 3.63) is 48.0 Å². The molecular weight excluding hydrogens is 446 g/mol. The van der Waals surface area contributed by atoms with Crippen LogP contribution in [0.15, 0.2) is 42.5 Å². The average molecular weight is 476 g/mol. The minimum Gasteiger partial charge on any atom is -0.486 e. The molecule has 0 radical (unpaired) electrons. The van der Waals surface area contributed by atoms with Gasteiger partial charge in [-0.25, -0.2) is 8.42 Å². The number of amides is 2. The molecule has 2 amide bonds. The van der Waals surface area contributed by atoms with Gasteiger partial charge in [-0.05, 0) is 45.0 Å². The summed E-state index contributed by atoms with van der Waals surface area (Å²) in [5, 5.41) is 2.70. The molecule has 9 nitrogen and oxygen atoms in total. The zero-order chi connectivity index (χ0) is 24.0. The summed E-state index contributed by atoms with van der Waals surface area (Å²) in [6.07, 6.45) is 0. The number of anilines is 2. The third-order valence-corrected chi connectivity index (χ3v) is 7.02. The van der Waals surface area contributed by atoms with Crippen molar-refractivity contribution in [3.63, 3.8) is 0 Å². The van der Waals surface area contributed by atoms with Gasteiger partial charge in [-0.1, -0.05) is 12.1 Å². The number of carbonyl (C=O) groups is 2. The van der Waals surface area contributed by atoms with E-state index in [1.54, 1.807) is 47.4 Å². The predicted molar refractivity (Wildman–Crippen MR) is 127 cm³/mol. The molecule has 1 N–H and O–H groups in total. The lowest BCUT2D eigenvalue weighted by Crippen LogP contribution is -2.39.